The van der Waals surface area contributed by atoms with Crippen LogP contribution in [0.3, 0.4) is 0 Å². The Morgan fingerprint density at radius 3 is 2.12 bits per heavy atom. The lowest BCUT2D eigenvalue weighted by molar-refractivity contribution is -0.139. The molecule has 1 amide bonds. The lowest BCUT2D eigenvalue weighted by Gasteiger charge is -2.20. The predicted molar refractivity (Wildman–Crippen MR) is 102 cm³/mol. The van der Waals surface area contributed by atoms with Crippen molar-refractivity contribution in [2.75, 3.05) is 11.9 Å². The molecular weight excluding hydrogens is 330 g/mol. The van der Waals surface area contributed by atoms with Crippen LogP contribution in [0.15, 0.2) is 42.5 Å². The Morgan fingerprint density at radius 1 is 1.00 bits per heavy atom. The fourth-order valence-electron chi connectivity index (χ4n) is 2.75. The smallest absolute Gasteiger partial charge is 0.341 e. The van der Waals surface area contributed by atoms with Gasteiger partial charge in [-0.15, -0.1) is 0 Å². The third kappa shape index (κ3) is 4.85. The molecule has 0 atom stereocenters. The lowest BCUT2D eigenvalue weighted by atomic mass is 9.92. The molecule has 0 aromatic heterocycles. The second-order valence-electron chi connectivity index (χ2n) is 6.79. The Bertz CT molecular complexity index is 770. The van der Waals surface area contributed by atoms with Crippen LogP contribution in [0.4, 0.5) is 5.69 Å². The van der Waals surface area contributed by atoms with E-state index < -0.39 is 12.6 Å². The fraction of sp³-hybridized carbons (Fsp3) is 0.333. The summed E-state index contributed by atoms with van der Waals surface area (Å²) in [7, 11) is 0. The van der Waals surface area contributed by atoms with Gasteiger partial charge in [0.05, 0.1) is 0 Å². The van der Waals surface area contributed by atoms with Gasteiger partial charge in [0, 0.05) is 11.3 Å². The highest BCUT2D eigenvalue weighted by Gasteiger charge is 2.17. The van der Waals surface area contributed by atoms with Crippen molar-refractivity contribution in [3.8, 4) is 5.75 Å². The number of aliphatic carboxylic acids is 1. The second kappa shape index (κ2) is 8.52. The standard InChI is InChI=1S/C21H25NO4/c1-13(2)17-9-6-10-18(14(3)4)20(17)22-21(25)15-7-5-8-16(11-15)26-12-19(23)24/h5-11,13-14H,12H2,1-4H3,(H,22,25)(H,23,24). The average Bonchev–Trinajstić information content (AvgIpc) is 2.59. The van der Waals surface area contributed by atoms with Crippen LogP contribution in [-0.2, 0) is 4.79 Å². The zero-order valence-corrected chi connectivity index (χ0v) is 15.6. The first-order valence-corrected chi connectivity index (χ1v) is 8.68. The van der Waals surface area contributed by atoms with Crippen LogP contribution in [0, 0.1) is 0 Å². The summed E-state index contributed by atoms with van der Waals surface area (Å²) in [5.74, 6) is -0.419. The van der Waals surface area contributed by atoms with E-state index in [9.17, 15) is 9.59 Å². The fourth-order valence-corrected chi connectivity index (χ4v) is 2.75. The van der Waals surface area contributed by atoms with Gasteiger partial charge >= 0.3 is 5.97 Å². The van der Waals surface area contributed by atoms with Gasteiger partial charge in [-0.25, -0.2) is 4.79 Å². The van der Waals surface area contributed by atoms with Crippen molar-refractivity contribution in [1.29, 1.82) is 0 Å². The monoisotopic (exact) mass is 355 g/mol. The number of carboxylic acid groups (broad SMARTS) is 1. The number of nitrogens with one attached hydrogen (secondary N) is 1. The third-order valence-corrected chi connectivity index (χ3v) is 4.07. The topological polar surface area (TPSA) is 75.6 Å². The van der Waals surface area contributed by atoms with Gasteiger partial charge in [0.2, 0.25) is 0 Å². The highest BCUT2D eigenvalue weighted by atomic mass is 16.5. The van der Waals surface area contributed by atoms with E-state index >= 15 is 0 Å². The Kier molecular flexibility index (Phi) is 6.39. The molecule has 2 rings (SSSR count). The van der Waals surface area contributed by atoms with Crippen LogP contribution in [-0.4, -0.2) is 23.6 Å². The third-order valence-electron chi connectivity index (χ3n) is 4.07. The normalized spacial score (nSPS) is 10.8. The maximum atomic E-state index is 12.8. The van der Waals surface area contributed by atoms with E-state index in [0.717, 1.165) is 16.8 Å². The van der Waals surface area contributed by atoms with E-state index in [1.165, 1.54) is 0 Å². The van der Waals surface area contributed by atoms with Crippen LogP contribution in [0.2, 0.25) is 0 Å². The van der Waals surface area contributed by atoms with Gasteiger partial charge in [-0.3, -0.25) is 4.79 Å². The molecule has 2 aromatic carbocycles. The maximum Gasteiger partial charge on any atom is 0.341 e. The first kappa shape index (κ1) is 19.5. The molecule has 138 valence electrons. The van der Waals surface area contributed by atoms with Gasteiger partial charge in [0.15, 0.2) is 6.61 Å². The van der Waals surface area contributed by atoms with E-state index in [2.05, 4.69) is 33.0 Å². The van der Waals surface area contributed by atoms with Crippen LogP contribution in [0.5, 0.6) is 5.75 Å². The van der Waals surface area contributed by atoms with E-state index in [1.54, 1.807) is 24.3 Å². The minimum absolute atomic E-state index is 0.249. The molecule has 0 spiro atoms. The average molecular weight is 355 g/mol. The van der Waals surface area contributed by atoms with Crippen molar-refractivity contribution in [2.24, 2.45) is 0 Å². The van der Waals surface area contributed by atoms with Crippen LogP contribution in [0.25, 0.3) is 0 Å². The van der Waals surface area contributed by atoms with Gasteiger partial charge < -0.3 is 15.2 Å². The number of carboxylic acids is 1. The Hall–Kier alpha value is -2.82. The minimum atomic E-state index is -1.06. The number of para-hydroxylation sites is 1. The number of rotatable bonds is 7. The van der Waals surface area contributed by atoms with Crippen molar-refractivity contribution in [2.45, 2.75) is 39.5 Å². The number of amides is 1. The van der Waals surface area contributed by atoms with Gasteiger partial charge in [-0.1, -0.05) is 52.0 Å². The predicted octanol–water partition coefficient (Wildman–Crippen LogP) is 4.65. The molecule has 26 heavy (non-hydrogen) atoms. The van der Waals surface area contributed by atoms with E-state index in [1.807, 2.05) is 18.2 Å². The number of ether oxygens (including phenoxy) is 1. The number of carbonyl (C=O) groups is 2. The van der Waals surface area contributed by atoms with Crippen molar-refractivity contribution < 1.29 is 19.4 Å². The molecule has 0 saturated carbocycles. The van der Waals surface area contributed by atoms with Crippen molar-refractivity contribution in [3.05, 3.63) is 59.2 Å². The summed E-state index contributed by atoms with van der Waals surface area (Å²) in [6.07, 6.45) is 0. The van der Waals surface area contributed by atoms with Gasteiger partial charge in [-0.05, 0) is 41.2 Å². The molecule has 2 N–H and O–H groups in total. The summed E-state index contributed by atoms with van der Waals surface area (Å²) in [5, 5.41) is 11.7. The number of hydrogen-bond acceptors (Lipinski definition) is 3. The van der Waals surface area contributed by atoms with Gasteiger partial charge in [-0.2, -0.15) is 0 Å². The van der Waals surface area contributed by atoms with Gasteiger partial charge in [0.1, 0.15) is 5.75 Å². The lowest BCUT2D eigenvalue weighted by Crippen LogP contribution is -2.16. The summed E-state index contributed by atoms with van der Waals surface area (Å²) < 4.78 is 5.15. The molecule has 0 radical (unpaired) electrons. The van der Waals surface area contributed by atoms with Crippen molar-refractivity contribution in [1.82, 2.24) is 0 Å². The molecule has 5 heteroatoms. The SMILES string of the molecule is CC(C)c1cccc(C(C)C)c1NC(=O)c1cccc(OCC(=O)O)c1. The first-order valence-electron chi connectivity index (χ1n) is 8.68. The van der Waals surface area contributed by atoms with E-state index in [-0.39, 0.29) is 17.7 Å². The maximum absolute atomic E-state index is 12.8. The molecule has 0 aliphatic carbocycles. The summed E-state index contributed by atoms with van der Waals surface area (Å²) in [6, 6.07) is 12.6. The minimum Gasteiger partial charge on any atom is -0.482 e. The van der Waals surface area contributed by atoms with Crippen molar-refractivity contribution in [3.63, 3.8) is 0 Å². The second-order valence-corrected chi connectivity index (χ2v) is 6.79. The molecule has 0 fully saturated rings. The Morgan fingerprint density at radius 2 is 1.58 bits per heavy atom. The highest BCUT2D eigenvalue weighted by molar-refractivity contribution is 6.05. The van der Waals surface area contributed by atoms with Crippen LogP contribution < -0.4 is 10.1 Å². The van der Waals surface area contributed by atoms with Crippen LogP contribution >= 0.6 is 0 Å². The van der Waals surface area contributed by atoms with E-state index in [0.29, 0.717) is 11.3 Å². The largest absolute Gasteiger partial charge is 0.482 e. The molecule has 0 saturated heterocycles. The summed E-state index contributed by atoms with van der Waals surface area (Å²) >= 11 is 0. The molecule has 2 aromatic rings. The summed E-state index contributed by atoms with van der Waals surface area (Å²) in [6.45, 7) is 7.93. The molecule has 0 aliphatic heterocycles. The zero-order valence-electron chi connectivity index (χ0n) is 15.6. The molecular formula is C21H25NO4. The number of hydrogen-bond donors (Lipinski definition) is 2. The van der Waals surface area contributed by atoms with Gasteiger partial charge in [0.25, 0.3) is 5.91 Å². The molecule has 0 aliphatic rings. The molecule has 0 heterocycles. The summed E-state index contributed by atoms with van der Waals surface area (Å²) in [5.41, 5.74) is 3.44. The number of carbonyl (C=O) groups excluding carboxylic acids is 1. The quantitative estimate of drug-likeness (QED) is 0.758. The first-order chi connectivity index (χ1) is 12.3. The molecule has 0 bridgehead atoms. The zero-order chi connectivity index (χ0) is 19.3. The molecule has 0 unspecified atom stereocenters. The number of anilines is 1. The van der Waals surface area contributed by atoms with Crippen molar-refractivity contribution >= 4 is 17.6 Å². The summed E-state index contributed by atoms with van der Waals surface area (Å²) in [4.78, 5) is 23.4. The molecule has 5 nitrogen and oxygen atoms in total. The number of benzene rings is 2. The van der Waals surface area contributed by atoms with Crippen LogP contribution in [0.1, 0.15) is 61.0 Å². The Labute approximate surface area is 154 Å². The Balaban J connectivity index is 2.30. The van der Waals surface area contributed by atoms with E-state index in [4.69, 9.17) is 9.84 Å². The highest BCUT2D eigenvalue weighted by Crippen LogP contribution is 2.32.